The maximum Gasteiger partial charge on any atom is 0.326 e. The SMILES string of the molecule is COC(=O)C1(C(=O)OC)CC(C[Si](c2ccccc2)(c2ccccc2)C(C)(C)C)OC1c1ccccc1[N+](=O)[O-]. The molecule has 0 spiro atoms. The van der Waals surface area contributed by atoms with Crippen LogP contribution in [0.5, 0.6) is 0 Å². The number of ether oxygens (including phenoxy) is 3. The van der Waals surface area contributed by atoms with Crippen molar-refractivity contribution in [2.45, 2.75) is 50.5 Å². The van der Waals surface area contributed by atoms with Gasteiger partial charge in [-0.05, 0) is 17.1 Å². The second-order valence-electron chi connectivity index (χ2n) is 11.2. The number of hydrogen-bond donors (Lipinski definition) is 0. The average molecular weight is 562 g/mol. The Morgan fingerprint density at radius 2 is 1.38 bits per heavy atom. The second kappa shape index (κ2) is 11.3. The van der Waals surface area contributed by atoms with Crippen LogP contribution in [0.2, 0.25) is 11.1 Å². The van der Waals surface area contributed by atoms with Crippen LogP contribution in [0.1, 0.15) is 38.9 Å². The minimum absolute atomic E-state index is 0.0342. The Morgan fingerprint density at radius 3 is 1.82 bits per heavy atom. The molecule has 3 aromatic carbocycles. The van der Waals surface area contributed by atoms with Crippen molar-refractivity contribution in [2.75, 3.05) is 14.2 Å². The molecule has 8 nitrogen and oxygen atoms in total. The zero-order chi connectivity index (χ0) is 29.1. The maximum absolute atomic E-state index is 13.5. The van der Waals surface area contributed by atoms with Gasteiger partial charge in [0.15, 0.2) is 5.41 Å². The molecule has 1 saturated heterocycles. The molecule has 9 heteroatoms. The van der Waals surface area contributed by atoms with Gasteiger partial charge in [-0.1, -0.05) is 104 Å². The molecule has 1 fully saturated rings. The first kappa shape index (κ1) is 29.2. The topological polar surface area (TPSA) is 105 Å². The molecule has 0 saturated carbocycles. The number of nitrogens with zero attached hydrogens (tertiary/aromatic N) is 1. The largest absolute Gasteiger partial charge is 0.468 e. The quantitative estimate of drug-likeness (QED) is 0.128. The van der Waals surface area contributed by atoms with Crippen molar-refractivity contribution in [3.05, 3.63) is 101 Å². The average Bonchev–Trinajstić information content (AvgIpc) is 3.35. The van der Waals surface area contributed by atoms with Crippen LogP contribution < -0.4 is 10.4 Å². The van der Waals surface area contributed by atoms with Crippen LogP contribution >= 0.6 is 0 Å². The Balaban J connectivity index is 1.93. The summed E-state index contributed by atoms with van der Waals surface area (Å²) in [6.07, 6.45) is -1.90. The van der Waals surface area contributed by atoms with Crippen molar-refractivity contribution in [2.24, 2.45) is 5.41 Å². The molecular formula is C31H35NO7Si. The fraction of sp³-hybridized carbons (Fsp3) is 0.355. The number of carbonyl (C=O) groups is 2. The zero-order valence-electron chi connectivity index (χ0n) is 23.5. The number of hydrogen-bond acceptors (Lipinski definition) is 7. The Bertz CT molecular complexity index is 1320. The van der Waals surface area contributed by atoms with E-state index in [0.717, 1.165) is 0 Å². The van der Waals surface area contributed by atoms with Gasteiger partial charge in [0.1, 0.15) is 14.2 Å². The van der Waals surface area contributed by atoms with Crippen molar-refractivity contribution in [1.82, 2.24) is 0 Å². The van der Waals surface area contributed by atoms with Gasteiger partial charge in [-0.25, -0.2) is 0 Å². The highest BCUT2D eigenvalue weighted by atomic mass is 28.3. The Labute approximate surface area is 235 Å². The summed E-state index contributed by atoms with van der Waals surface area (Å²) in [7, 11) is -0.309. The van der Waals surface area contributed by atoms with E-state index in [2.05, 4.69) is 45.0 Å². The molecule has 4 rings (SSSR count). The van der Waals surface area contributed by atoms with Crippen molar-refractivity contribution in [3.8, 4) is 0 Å². The third-order valence-corrected chi connectivity index (χ3v) is 14.5. The zero-order valence-corrected chi connectivity index (χ0v) is 24.5. The van der Waals surface area contributed by atoms with E-state index in [9.17, 15) is 19.7 Å². The number of rotatable bonds is 8. The monoisotopic (exact) mass is 561 g/mol. The maximum atomic E-state index is 13.5. The molecule has 1 aliphatic heterocycles. The Hall–Kier alpha value is -3.82. The Morgan fingerprint density at radius 1 is 0.900 bits per heavy atom. The molecule has 2 atom stereocenters. The van der Waals surface area contributed by atoms with Crippen LogP contribution in [0.25, 0.3) is 0 Å². The van der Waals surface area contributed by atoms with Crippen molar-refractivity contribution >= 4 is 36.1 Å². The van der Waals surface area contributed by atoms with Gasteiger partial charge in [0, 0.05) is 12.5 Å². The summed E-state index contributed by atoms with van der Waals surface area (Å²) in [4.78, 5) is 38.4. The summed E-state index contributed by atoms with van der Waals surface area (Å²) in [6.45, 7) is 6.63. The summed E-state index contributed by atoms with van der Waals surface area (Å²) < 4.78 is 16.9. The molecule has 0 aliphatic carbocycles. The number of nitro groups is 1. The lowest BCUT2D eigenvalue weighted by atomic mass is 9.76. The number of nitro benzene ring substituents is 1. The molecule has 3 aromatic rings. The first-order chi connectivity index (χ1) is 19.0. The number of carbonyl (C=O) groups excluding carboxylic acids is 2. The molecule has 1 aliphatic rings. The fourth-order valence-electron chi connectivity index (χ4n) is 6.35. The standard InChI is InChI=1S/C31H35NO7Si/c1-30(2,3)40(23-14-8-6-9-15-23,24-16-10-7-11-17-24)21-22-20-31(28(33)37-4,29(34)38-5)27(39-22)25-18-12-13-19-26(25)32(35)36/h6-19,22,27H,20-21H2,1-5H3. The van der Waals surface area contributed by atoms with Crippen molar-refractivity contribution < 1.29 is 28.7 Å². The van der Waals surface area contributed by atoms with Crippen LogP contribution in [-0.4, -0.2) is 45.3 Å². The molecular weight excluding hydrogens is 526 g/mol. The molecule has 0 amide bonds. The third-order valence-electron chi connectivity index (χ3n) is 8.19. The van der Waals surface area contributed by atoms with Crippen LogP contribution in [0, 0.1) is 15.5 Å². The lowest BCUT2D eigenvalue weighted by Gasteiger charge is -2.45. The molecule has 0 bridgehead atoms. The second-order valence-corrected chi connectivity index (χ2v) is 16.1. The first-order valence-electron chi connectivity index (χ1n) is 13.2. The van der Waals surface area contributed by atoms with E-state index in [1.807, 2.05) is 36.4 Å². The van der Waals surface area contributed by atoms with E-state index < -0.39 is 42.6 Å². The van der Waals surface area contributed by atoms with E-state index in [-0.39, 0.29) is 22.7 Å². The van der Waals surface area contributed by atoms with Gasteiger partial charge in [-0.3, -0.25) is 19.7 Å². The highest BCUT2D eigenvalue weighted by Gasteiger charge is 2.64. The first-order valence-corrected chi connectivity index (χ1v) is 15.4. The number of para-hydroxylation sites is 1. The van der Waals surface area contributed by atoms with Crippen LogP contribution in [0.4, 0.5) is 5.69 Å². The lowest BCUT2D eigenvalue weighted by molar-refractivity contribution is -0.386. The summed E-state index contributed by atoms with van der Waals surface area (Å²) >= 11 is 0. The minimum Gasteiger partial charge on any atom is -0.468 e. The van der Waals surface area contributed by atoms with E-state index in [4.69, 9.17) is 14.2 Å². The summed E-state index contributed by atoms with van der Waals surface area (Å²) in [5.41, 5.74) is -2.02. The number of benzene rings is 3. The number of methoxy groups -OCH3 is 2. The summed E-state index contributed by atoms with van der Waals surface area (Å²) in [5.74, 6) is -1.68. The molecule has 0 radical (unpaired) electrons. The highest BCUT2D eigenvalue weighted by Crippen LogP contribution is 2.54. The summed E-state index contributed by atoms with van der Waals surface area (Å²) in [6, 6.07) is 27.1. The normalized spacial score (nSPS) is 18.6. The van der Waals surface area contributed by atoms with E-state index in [1.165, 1.54) is 42.8 Å². The van der Waals surface area contributed by atoms with Crippen LogP contribution in [-0.2, 0) is 23.8 Å². The number of esters is 2. The molecule has 0 N–H and O–H groups in total. The predicted octanol–water partition coefficient (Wildman–Crippen LogP) is 4.82. The van der Waals surface area contributed by atoms with Gasteiger partial charge in [-0.2, -0.15) is 0 Å². The van der Waals surface area contributed by atoms with Gasteiger partial charge in [0.05, 0.1) is 30.8 Å². The third kappa shape index (κ3) is 4.84. The van der Waals surface area contributed by atoms with Crippen LogP contribution in [0.3, 0.4) is 0 Å². The van der Waals surface area contributed by atoms with E-state index in [1.54, 1.807) is 6.07 Å². The lowest BCUT2D eigenvalue weighted by Crippen LogP contribution is -2.65. The van der Waals surface area contributed by atoms with Gasteiger partial charge < -0.3 is 14.2 Å². The fourth-order valence-corrected chi connectivity index (χ4v) is 11.9. The molecule has 0 aromatic heterocycles. The predicted molar refractivity (Wildman–Crippen MR) is 154 cm³/mol. The van der Waals surface area contributed by atoms with Crippen LogP contribution in [0.15, 0.2) is 84.9 Å². The van der Waals surface area contributed by atoms with Gasteiger partial charge in [0.2, 0.25) is 0 Å². The van der Waals surface area contributed by atoms with Crippen molar-refractivity contribution in [3.63, 3.8) is 0 Å². The van der Waals surface area contributed by atoms with Gasteiger partial charge in [-0.15, -0.1) is 0 Å². The molecule has 40 heavy (non-hydrogen) atoms. The van der Waals surface area contributed by atoms with Gasteiger partial charge in [0.25, 0.3) is 5.69 Å². The van der Waals surface area contributed by atoms with E-state index in [0.29, 0.717) is 6.04 Å². The minimum atomic E-state index is -2.70. The van der Waals surface area contributed by atoms with E-state index >= 15 is 0 Å². The van der Waals surface area contributed by atoms with Crippen molar-refractivity contribution in [1.29, 1.82) is 0 Å². The molecule has 1 heterocycles. The summed E-state index contributed by atoms with van der Waals surface area (Å²) in [5, 5.41) is 14.2. The molecule has 210 valence electrons. The highest BCUT2D eigenvalue weighted by molar-refractivity contribution is 7.04. The smallest absolute Gasteiger partial charge is 0.326 e. The Kier molecular flexibility index (Phi) is 8.27. The molecule has 2 unspecified atom stereocenters. The van der Waals surface area contributed by atoms with Gasteiger partial charge >= 0.3 is 11.9 Å².